The minimum absolute atomic E-state index is 0.343. The highest BCUT2D eigenvalue weighted by Gasteiger charge is 2.10. The van der Waals surface area contributed by atoms with Crippen molar-refractivity contribution >= 4 is 21.8 Å². The third-order valence-corrected chi connectivity index (χ3v) is 3.16. The van der Waals surface area contributed by atoms with Crippen LogP contribution in [0.15, 0.2) is 33.7 Å². The number of rotatable bonds is 2. The Kier molecular flexibility index (Phi) is 3.41. The summed E-state index contributed by atoms with van der Waals surface area (Å²) in [5, 5.41) is 3.45. The minimum Gasteiger partial charge on any atom is -0.367 e. The summed E-state index contributed by atoms with van der Waals surface area (Å²) in [5.74, 6) is 1.16. The lowest BCUT2D eigenvalue weighted by atomic mass is 10.1. The van der Waals surface area contributed by atoms with Gasteiger partial charge in [0, 0.05) is 23.5 Å². The van der Waals surface area contributed by atoms with Gasteiger partial charge in [0.1, 0.15) is 0 Å². The number of hydrogen-bond donors (Lipinski definition) is 1. The van der Waals surface area contributed by atoms with Gasteiger partial charge in [-0.25, -0.2) is 0 Å². The fraction of sp³-hybridized carbons (Fsp3) is 0.417. The van der Waals surface area contributed by atoms with Crippen LogP contribution >= 0.6 is 15.9 Å². The maximum absolute atomic E-state index is 4.42. The van der Waals surface area contributed by atoms with Gasteiger partial charge in [-0.15, -0.1) is 0 Å². The summed E-state index contributed by atoms with van der Waals surface area (Å²) < 4.78 is 1.12. The van der Waals surface area contributed by atoms with Gasteiger partial charge in [0.05, 0.1) is 5.84 Å². The van der Waals surface area contributed by atoms with E-state index >= 15 is 0 Å². The third kappa shape index (κ3) is 2.81. The van der Waals surface area contributed by atoms with Crippen LogP contribution in [0.25, 0.3) is 0 Å². The Balaban J connectivity index is 2.00. The van der Waals surface area contributed by atoms with Gasteiger partial charge in [0.15, 0.2) is 0 Å². The number of amidine groups is 1. The summed E-state index contributed by atoms with van der Waals surface area (Å²) in [6, 6.07) is 8.76. The van der Waals surface area contributed by atoms with Gasteiger partial charge in [-0.2, -0.15) is 0 Å². The average molecular weight is 267 g/mol. The van der Waals surface area contributed by atoms with Crippen LogP contribution in [0.1, 0.15) is 31.4 Å². The molecule has 1 aliphatic heterocycles. The van der Waals surface area contributed by atoms with Crippen molar-refractivity contribution in [2.45, 2.75) is 25.8 Å². The first-order valence-corrected chi connectivity index (χ1v) is 6.10. The molecule has 80 valence electrons. The zero-order valence-corrected chi connectivity index (χ0v) is 10.4. The first-order valence-electron chi connectivity index (χ1n) is 5.31. The number of aliphatic imine (C=N–C) groups is 1. The molecule has 0 fully saturated rings. The maximum atomic E-state index is 4.42. The smallest absolute Gasteiger partial charge is 0.0968 e. The van der Waals surface area contributed by atoms with E-state index in [9.17, 15) is 0 Å². The van der Waals surface area contributed by atoms with Crippen molar-refractivity contribution in [3.63, 3.8) is 0 Å². The molecule has 2 rings (SSSR count). The lowest BCUT2D eigenvalue weighted by molar-refractivity contribution is 0.709. The van der Waals surface area contributed by atoms with Gasteiger partial charge in [0.2, 0.25) is 0 Å². The second-order valence-electron chi connectivity index (χ2n) is 3.85. The van der Waals surface area contributed by atoms with E-state index in [4.69, 9.17) is 0 Å². The molecule has 1 aromatic rings. The molecule has 2 nitrogen and oxygen atoms in total. The highest BCUT2D eigenvalue weighted by atomic mass is 79.9. The molecular weight excluding hydrogens is 252 g/mol. The van der Waals surface area contributed by atoms with Crippen LogP contribution in [0.2, 0.25) is 0 Å². The van der Waals surface area contributed by atoms with Crippen molar-refractivity contribution < 1.29 is 0 Å². The van der Waals surface area contributed by atoms with Crippen molar-refractivity contribution in [3.8, 4) is 0 Å². The first-order chi connectivity index (χ1) is 7.25. The molecule has 0 spiro atoms. The van der Waals surface area contributed by atoms with E-state index in [1.165, 1.54) is 12.0 Å². The Morgan fingerprint density at radius 2 is 2.07 bits per heavy atom. The molecule has 1 atom stereocenters. The zero-order chi connectivity index (χ0) is 10.7. The number of benzene rings is 1. The molecule has 15 heavy (non-hydrogen) atoms. The molecule has 0 bridgehead atoms. The number of hydrogen-bond acceptors (Lipinski definition) is 2. The van der Waals surface area contributed by atoms with E-state index in [1.54, 1.807) is 0 Å². The van der Waals surface area contributed by atoms with Gasteiger partial charge in [0.25, 0.3) is 0 Å². The zero-order valence-electron chi connectivity index (χ0n) is 8.83. The quantitative estimate of drug-likeness (QED) is 0.873. The Labute approximate surface area is 98.9 Å². The molecule has 0 unspecified atom stereocenters. The predicted octanol–water partition coefficient (Wildman–Crippen LogP) is 3.29. The summed E-state index contributed by atoms with van der Waals surface area (Å²) in [6.45, 7) is 3.15. The average Bonchev–Trinajstić information content (AvgIpc) is 2.71. The summed E-state index contributed by atoms with van der Waals surface area (Å²) in [4.78, 5) is 4.42. The van der Waals surface area contributed by atoms with Crippen LogP contribution in [0.4, 0.5) is 0 Å². The molecule has 0 aliphatic carbocycles. The Hall–Kier alpha value is -0.830. The lowest BCUT2D eigenvalue weighted by Gasteiger charge is -2.15. The second-order valence-corrected chi connectivity index (χ2v) is 4.77. The van der Waals surface area contributed by atoms with Crippen LogP contribution in [0.3, 0.4) is 0 Å². The Bertz CT molecular complexity index is 356. The lowest BCUT2D eigenvalue weighted by Crippen LogP contribution is -2.24. The summed E-state index contributed by atoms with van der Waals surface area (Å²) in [5.41, 5.74) is 1.30. The fourth-order valence-corrected chi connectivity index (χ4v) is 2.01. The molecule has 0 saturated heterocycles. The normalized spacial score (nSPS) is 17.3. The molecular formula is C12H15BrN2. The van der Waals surface area contributed by atoms with Crippen molar-refractivity contribution in [1.29, 1.82) is 0 Å². The largest absolute Gasteiger partial charge is 0.367 e. The predicted molar refractivity (Wildman–Crippen MR) is 67.2 cm³/mol. The van der Waals surface area contributed by atoms with Crippen molar-refractivity contribution in [1.82, 2.24) is 5.32 Å². The summed E-state index contributed by atoms with van der Waals surface area (Å²) >= 11 is 3.44. The fourth-order valence-electron chi connectivity index (χ4n) is 1.74. The first kappa shape index (κ1) is 10.7. The number of halogens is 1. The molecule has 3 heteroatoms. The van der Waals surface area contributed by atoms with Crippen molar-refractivity contribution in [3.05, 3.63) is 34.3 Å². The Morgan fingerprint density at radius 1 is 1.33 bits per heavy atom. The van der Waals surface area contributed by atoms with E-state index in [-0.39, 0.29) is 0 Å². The molecule has 1 heterocycles. The summed E-state index contributed by atoms with van der Waals surface area (Å²) in [7, 11) is 0. The van der Waals surface area contributed by atoms with Gasteiger partial charge >= 0.3 is 0 Å². The van der Waals surface area contributed by atoms with Crippen molar-refractivity contribution in [2.24, 2.45) is 4.99 Å². The minimum atomic E-state index is 0.343. The van der Waals surface area contributed by atoms with Crippen LogP contribution < -0.4 is 5.32 Å². The maximum Gasteiger partial charge on any atom is 0.0968 e. The molecule has 0 radical (unpaired) electrons. The van der Waals surface area contributed by atoms with Crippen LogP contribution in [-0.2, 0) is 0 Å². The third-order valence-electron chi connectivity index (χ3n) is 2.63. The van der Waals surface area contributed by atoms with E-state index in [0.717, 1.165) is 23.3 Å². The van der Waals surface area contributed by atoms with Crippen LogP contribution in [0, 0.1) is 0 Å². The second kappa shape index (κ2) is 4.79. The standard InChI is InChI=1S/C12H15BrN2/c1-9(15-12-3-2-8-14-12)10-4-6-11(13)7-5-10/h4-7,9H,2-3,8H2,1H3,(H,14,15)/t9-/m0/s1. The van der Waals surface area contributed by atoms with Gasteiger partial charge < -0.3 is 5.32 Å². The molecule has 1 aliphatic rings. The molecule has 1 N–H and O–H groups in total. The monoisotopic (exact) mass is 266 g/mol. The Morgan fingerprint density at radius 3 is 2.67 bits per heavy atom. The topological polar surface area (TPSA) is 24.4 Å². The number of nitrogens with one attached hydrogen (secondary N) is 1. The molecule has 0 amide bonds. The van der Waals surface area contributed by atoms with Gasteiger partial charge in [-0.1, -0.05) is 28.1 Å². The summed E-state index contributed by atoms with van der Waals surface area (Å²) in [6.07, 6.45) is 2.29. The number of nitrogens with zero attached hydrogens (tertiary/aromatic N) is 1. The molecule has 0 aromatic heterocycles. The van der Waals surface area contributed by atoms with E-state index in [0.29, 0.717) is 6.04 Å². The van der Waals surface area contributed by atoms with E-state index < -0.39 is 0 Å². The van der Waals surface area contributed by atoms with Crippen molar-refractivity contribution in [2.75, 3.05) is 6.54 Å². The highest BCUT2D eigenvalue weighted by molar-refractivity contribution is 9.10. The van der Waals surface area contributed by atoms with Crippen LogP contribution in [-0.4, -0.2) is 12.4 Å². The SMILES string of the molecule is C[C@H](NC1=NCCC1)c1ccc(Br)cc1. The van der Waals surface area contributed by atoms with E-state index in [1.807, 2.05) is 0 Å². The van der Waals surface area contributed by atoms with Gasteiger partial charge in [-0.05, 0) is 31.0 Å². The van der Waals surface area contributed by atoms with Crippen LogP contribution in [0.5, 0.6) is 0 Å². The molecule has 0 saturated carbocycles. The molecule has 1 aromatic carbocycles. The van der Waals surface area contributed by atoms with E-state index in [2.05, 4.69) is 57.4 Å². The van der Waals surface area contributed by atoms with Gasteiger partial charge in [-0.3, -0.25) is 4.99 Å². The highest BCUT2D eigenvalue weighted by Crippen LogP contribution is 2.17.